The Labute approximate surface area is 114 Å². The molecular formula is C14H14N4O2. The summed E-state index contributed by atoms with van der Waals surface area (Å²) in [6.07, 6.45) is 1.44. The van der Waals surface area contributed by atoms with Crippen molar-refractivity contribution in [3.63, 3.8) is 0 Å². The Morgan fingerprint density at radius 1 is 1.10 bits per heavy atom. The van der Waals surface area contributed by atoms with Crippen molar-refractivity contribution in [3.8, 4) is 0 Å². The molecule has 0 bridgehead atoms. The zero-order valence-electron chi connectivity index (χ0n) is 11.3. The molecule has 0 aliphatic rings. The first-order chi connectivity index (χ1) is 9.59. The van der Waals surface area contributed by atoms with Crippen LogP contribution in [0.15, 0.2) is 46.2 Å². The highest BCUT2D eigenvalue weighted by atomic mass is 16.2. The van der Waals surface area contributed by atoms with Crippen molar-refractivity contribution < 1.29 is 0 Å². The van der Waals surface area contributed by atoms with Gasteiger partial charge in [-0.3, -0.25) is 13.9 Å². The van der Waals surface area contributed by atoms with E-state index in [4.69, 9.17) is 0 Å². The van der Waals surface area contributed by atoms with Gasteiger partial charge in [0.2, 0.25) is 0 Å². The number of fused-ring (bicyclic) bond motifs is 1. The van der Waals surface area contributed by atoms with E-state index < -0.39 is 0 Å². The van der Waals surface area contributed by atoms with E-state index >= 15 is 0 Å². The number of rotatable bonds is 2. The number of aryl methyl sites for hydroxylation is 2. The van der Waals surface area contributed by atoms with Crippen LogP contribution in [0, 0.1) is 0 Å². The maximum Gasteiger partial charge on any atom is 0.330 e. The van der Waals surface area contributed by atoms with Gasteiger partial charge in [0.05, 0.1) is 12.9 Å². The summed E-state index contributed by atoms with van der Waals surface area (Å²) < 4.78 is 4.24. The molecule has 6 heteroatoms. The smallest absolute Gasteiger partial charge is 0.300 e. The van der Waals surface area contributed by atoms with Gasteiger partial charge in [-0.15, -0.1) is 0 Å². The summed E-state index contributed by atoms with van der Waals surface area (Å²) in [7, 11) is 3.21. The molecule has 0 fully saturated rings. The highest BCUT2D eigenvalue weighted by Crippen LogP contribution is 2.07. The molecule has 0 amide bonds. The SMILES string of the molecule is Cn1cnc2c(c1=O)n(C)c(=O)n2Cc1ccccc1. The van der Waals surface area contributed by atoms with Crippen molar-refractivity contribution in [2.45, 2.75) is 6.54 Å². The lowest BCUT2D eigenvalue weighted by Gasteiger charge is -2.03. The van der Waals surface area contributed by atoms with E-state index in [0.717, 1.165) is 5.56 Å². The molecule has 0 atom stereocenters. The van der Waals surface area contributed by atoms with E-state index in [1.807, 2.05) is 30.3 Å². The van der Waals surface area contributed by atoms with Crippen LogP contribution in [0.3, 0.4) is 0 Å². The third kappa shape index (κ3) is 1.77. The van der Waals surface area contributed by atoms with E-state index in [1.54, 1.807) is 14.1 Å². The summed E-state index contributed by atoms with van der Waals surface area (Å²) in [6, 6.07) is 9.62. The minimum Gasteiger partial charge on any atom is -0.300 e. The molecule has 0 unspecified atom stereocenters. The Morgan fingerprint density at radius 2 is 1.80 bits per heavy atom. The van der Waals surface area contributed by atoms with Crippen molar-refractivity contribution in [2.24, 2.45) is 14.1 Å². The number of aromatic nitrogens is 4. The van der Waals surface area contributed by atoms with Gasteiger partial charge < -0.3 is 4.57 Å². The molecule has 2 aromatic heterocycles. The fourth-order valence-electron chi connectivity index (χ4n) is 2.28. The van der Waals surface area contributed by atoms with E-state index in [9.17, 15) is 9.59 Å². The normalized spacial score (nSPS) is 11.1. The van der Waals surface area contributed by atoms with Gasteiger partial charge in [-0.05, 0) is 5.56 Å². The molecule has 3 rings (SSSR count). The third-order valence-electron chi connectivity index (χ3n) is 3.38. The fraction of sp³-hybridized carbons (Fsp3) is 0.214. The van der Waals surface area contributed by atoms with Gasteiger partial charge in [-0.1, -0.05) is 30.3 Å². The Balaban J connectivity index is 2.27. The Bertz CT molecular complexity index is 887. The molecule has 3 aromatic rings. The van der Waals surface area contributed by atoms with Crippen LogP contribution in [0.1, 0.15) is 5.56 Å². The zero-order chi connectivity index (χ0) is 14.3. The van der Waals surface area contributed by atoms with Crippen LogP contribution < -0.4 is 11.2 Å². The molecule has 0 saturated heterocycles. The van der Waals surface area contributed by atoms with Gasteiger partial charge in [0.25, 0.3) is 5.56 Å². The van der Waals surface area contributed by atoms with Crippen molar-refractivity contribution in [1.29, 1.82) is 0 Å². The van der Waals surface area contributed by atoms with E-state index in [2.05, 4.69) is 4.98 Å². The minimum atomic E-state index is -0.236. The minimum absolute atomic E-state index is 0.221. The molecule has 0 aliphatic carbocycles. The second-order valence-corrected chi connectivity index (χ2v) is 4.75. The summed E-state index contributed by atoms with van der Waals surface area (Å²) in [5, 5.41) is 0. The molecule has 20 heavy (non-hydrogen) atoms. The predicted molar refractivity (Wildman–Crippen MR) is 75.8 cm³/mol. The van der Waals surface area contributed by atoms with Gasteiger partial charge in [-0.25, -0.2) is 9.78 Å². The molecule has 0 radical (unpaired) electrons. The summed E-state index contributed by atoms with van der Waals surface area (Å²) >= 11 is 0. The highest BCUT2D eigenvalue weighted by Gasteiger charge is 2.15. The maximum atomic E-state index is 12.3. The first-order valence-corrected chi connectivity index (χ1v) is 6.24. The molecule has 0 N–H and O–H groups in total. The van der Waals surface area contributed by atoms with E-state index in [1.165, 1.54) is 20.0 Å². The molecule has 0 aliphatic heterocycles. The summed E-state index contributed by atoms with van der Waals surface area (Å²) in [5.74, 6) is 0. The number of hydrogen-bond acceptors (Lipinski definition) is 3. The van der Waals surface area contributed by atoms with Crippen LogP contribution in [0.4, 0.5) is 0 Å². The lowest BCUT2D eigenvalue weighted by molar-refractivity contribution is 0.731. The number of benzene rings is 1. The lowest BCUT2D eigenvalue weighted by Crippen LogP contribution is -2.24. The van der Waals surface area contributed by atoms with Gasteiger partial charge in [0, 0.05) is 14.1 Å². The van der Waals surface area contributed by atoms with Gasteiger partial charge in [0.1, 0.15) is 0 Å². The van der Waals surface area contributed by atoms with Crippen LogP contribution in [0.25, 0.3) is 11.2 Å². The predicted octanol–water partition coefficient (Wildman–Crippen LogP) is 0.482. The largest absolute Gasteiger partial charge is 0.330 e. The van der Waals surface area contributed by atoms with Crippen LogP contribution in [0.2, 0.25) is 0 Å². The van der Waals surface area contributed by atoms with Crippen molar-refractivity contribution in [2.75, 3.05) is 0 Å². The molecule has 6 nitrogen and oxygen atoms in total. The average molecular weight is 270 g/mol. The summed E-state index contributed by atoms with van der Waals surface area (Å²) in [6.45, 7) is 0.400. The van der Waals surface area contributed by atoms with Crippen LogP contribution in [0.5, 0.6) is 0 Å². The Kier molecular flexibility index (Phi) is 2.78. The standard InChI is InChI=1S/C14H14N4O2/c1-16-9-15-12-11(13(16)19)17(2)14(20)18(12)8-10-6-4-3-5-7-10/h3-7,9H,8H2,1-2H3. The Morgan fingerprint density at radius 3 is 2.50 bits per heavy atom. The topological polar surface area (TPSA) is 61.8 Å². The number of hydrogen-bond donors (Lipinski definition) is 0. The molecule has 102 valence electrons. The molecular weight excluding hydrogens is 256 g/mol. The first kappa shape index (κ1) is 12.4. The van der Waals surface area contributed by atoms with Crippen molar-refractivity contribution in [1.82, 2.24) is 18.7 Å². The van der Waals surface area contributed by atoms with Crippen LogP contribution in [-0.4, -0.2) is 18.7 Å². The summed E-state index contributed by atoms with van der Waals surface area (Å²) in [4.78, 5) is 28.6. The fourth-order valence-corrected chi connectivity index (χ4v) is 2.28. The van der Waals surface area contributed by atoms with Gasteiger partial charge in [-0.2, -0.15) is 0 Å². The number of nitrogens with zero attached hydrogens (tertiary/aromatic N) is 4. The molecule has 0 spiro atoms. The average Bonchev–Trinajstić information content (AvgIpc) is 2.69. The van der Waals surface area contributed by atoms with Gasteiger partial charge in [0.15, 0.2) is 11.2 Å². The van der Waals surface area contributed by atoms with E-state index in [-0.39, 0.29) is 11.2 Å². The first-order valence-electron chi connectivity index (χ1n) is 6.24. The Hall–Kier alpha value is -2.63. The molecule has 1 aromatic carbocycles. The summed E-state index contributed by atoms with van der Waals surface area (Å²) in [5.41, 5.74) is 1.28. The lowest BCUT2D eigenvalue weighted by atomic mass is 10.2. The quantitative estimate of drug-likeness (QED) is 0.680. The monoisotopic (exact) mass is 270 g/mol. The second-order valence-electron chi connectivity index (χ2n) is 4.75. The van der Waals surface area contributed by atoms with Crippen LogP contribution in [-0.2, 0) is 20.6 Å². The second kappa shape index (κ2) is 4.48. The maximum absolute atomic E-state index is 12.3. The van der Waals surface area contributed by atoms with Crippen molar-refractivity contribution >= 4 is 11.2 Å². The van der Waals surface area contributed by atoms with Gasteiger partial charge >= 0.3 is 5.69 Å². The van der Waals surface area contributed by atoms with E-state index in [0.29, 0.717) is 17.7 Å². The number of imidazole rings is 1. The third-order valence-corrected chi connectivity index (χ3v) is 3.38. The van der Waals surface area contributed by atoms with Crippen molar-refractivity contribution in [3.05, 3.63) is 63.1 Å². The molecule has 0 saturated carbocycles. The highest BCUT2D eigenvalue weighted by molar-refractivity contribution is 5.70. The molecule has 2 heterocycles. The zero-order valence-corrected chi connectivity index (χ0v) is 11.3. The van der Waals surface area contributed by atoms with Crippen LogP contribution >= 0.6 is 0 Å².